The predicted molar refractivity (Wildman–Crippen MR) is 98.0 cm³/mol. The van der Waals surface area contributed by atoms with Crippen LogP contribution in [0.2, 0.25) is 15.1 Å². The standard InChI is InChI=1S/C17H16Cl3NO3/c1-10-7-12(3-4-14(10)19)24-6-5-21-16-13(17(22)23-2)8-11(18)9-15(16)20/h3-4,7-9,21H,5-6H2,1-2H3. The lowest BCUT2D eigenvalue weighted by atomic mass is 10.1. The first-order valence-electron chi connectivity index (χ1n) is 7.12. The number of anilines is 1. The van der Waals surface area contributed by atoms with Crippen LogP contribution in [0, 0.1) is 6.92 Å². The molecule has 0 bridgehead atoms. The quantitative estimate of drug-likeness (QED) is 0.543. The average Bonchev–Trinajstić information content (AvgIpc) is 2.55. The fraction of sp³-hybridized carbons (Fsp3) is 0.235. The van der Waals surface area contributed by atoms with Crippen LogP contribution in [0.15, 0.2) is 30.3 Å². The van der Waals surface area contributed by atoms with Gasteiger partial charge in [0.05, 0.1) is 23.4 Å². The van der Waals surface area contributed by atoms with Crippen molar-refractivity contribution in [3.8, 4) is 5.75 Å². The Morgan fingerprint density at radius 2 is 1.88 bits per heavy atom. The molecule has 0 aliphatic carbocycles. The fourth-order valence-electron chi connectivity index (χ4n) is 2.08. The van der Waals surface area contributed by atoms with E-state index in [1.165, 1.54) is 13.2 Å². The Bertz CT molecular complexity index is 750. The third-order valence-electron chi connectivity index (χ3n) is 3.26. The summed E-state index contributed by atoms with van der Waals surface area (Å²) in [6, 6.07) is 8.50. The molecule has 0 aliphatic heterocycles. The molecule has 24 heavy (non-hydrogen) atoms. The number of carbonyl (C=O) groups is 1. The Kier molecular flexibility index (Phi) is 6.60. The van der Waals surface area contributed by atoms with Gasteiger partial charge in [0.1, 0.15) is 12.4 Å². The van der Waals surface area contributed by atoms with E-state index in [1.807, 2.05) is 13.0 Å². The van der Waals surface area contributed by atoms with E-state index < -0.39 is 5.97 Å². The molecular weight excluding hydrogens is 373 g/mol. The zero-order valence-electron chi connectivity index (χ0n) is 13.2. The summed E-state index contributed by atoms with van der Waals surface area (Å²) in [4.78, 5) is 11.8. The number of benzene rings is 2. The number of hydrogen-bond acceptors (Lipinski definition) is 4. The molecule has 0 amide bonds. The second-order valence-electron chi connectivity index (χ2n) is 4.99. The Balaban J connectivity index is 2.01. The first-order chi connectivity index (χ1) is 11.4. The van der Waals surface area contributed by atoms with Gasteiger partial charge in [0.15, 0.2) is 0 Å². The molecule has 1 N–H and O–H groups in total. The largest absolute Gasteiger partial charge is 0.492 e. The van der Waals surface area contributed by atoms with E-state index in [0.29, 0.717) is 39.7 Å². The van der Waals surface area contributed by atoms with Crippen molar-refractivity contribution in [2.75, 3.05) is 25.6 Å². The lowest BCUT2D eigenvalue weighted by molar-refractivity contribution is 0.0602. The highest BCUT2D eigenvalue weighted by molar-refractivity contribution is 6.37. The van der Waals surface area contributed by atoms with Gasteiger partial charge in [0.2, 0.25) is 0 Å². The number of aryl methyl sites for hydroxylation is 1. The molecule has 7 heteroatoms. The maximum Gasteiger partial charge on any atom is 0.340 e. The van der Waals surface area contributed by atoms with Crippen LogP contribution in [0.4, 0.5) is 5.69 Å². The van der Waals surface area contributed by atoms with Gasteiger partial charge in [-0.3, -0.25) is 0 Å². The summed E-state index contributed by atoms with van der Waals surface area (Å²) in [7, 11) is 1.30. The van der Waals surface area contributed by atoms with Crippen LogP contribution in [0.1, 0.15) is 15.9 Å². The number of rotatable bonds is 6. The van der Waals surface area contributed by atoms with Crippen LogP contribution in [0.25, 0.3) is 0 Å². The monoisotopic (exact) mass is 387 g/mol. The molecular formula is C17H16Cl3NO3. The predicted octanol–water partition coefficient (Wildman–Crippen LogP) is 5.23. The summed E-state index contributed by atoms with van der Waals surface area (Å²) < 4.78 is 10.4. The number of methoxy groups -OCH3 is 1. The molecule has 0 atom stereocenters. The second-order valence-corrected chi connectivity index (χ2v) is 6.24. The molecule has 2 aromatic rings. The van der Waals surface area contributed by atoms with Gasteiger partial charge in [0.25, 0.3) is 0 Å². The van der Waals surface area contributed by atoms with E-state index in [-0.39, 0.29) is 5.56 Å². The summed E-state index contributed by atoms with van der Waals surface area (Å²) in [6.07, 6.45) is 0. The van der Waals surface area contributed by atoms with Crippen LogP contribution in [-0.2, 0) is 4.74 Å². The van der Waals surface area contributed by atoms with E-state index in [9.17, 15) is 4.79 Å². The third-order valence-corrected chi connectivity index (χ3v) is 4.20. The second kappa shape index (κ2) is 8.47. The summed E-state index contributed by atoms with van der Waals surface area (Å²) in [6.45, 7) is 2.72. The van der Waals surface area contributed by atoms with E-state index >= 15 is 0 Å². The van der Waals surface area contributed by atoms with Crippen LogP contribution in [0.5, 0.6) is 5.75 Å². The van der Waals surface area contributed by atoms with Crippen LogP contribution in [-0.4, -0.2) is 26.2 Å². The molecule has 2 aromatic carbocycles. The molecule has 0 aliphatic rings. The fourth-order valence-corrected chi connectivity index (χ4v) is 2.75. The zero-order valence-corrected chi connectivity index (χ0v) is 15.4. The highest BCUT2D eigenvalue weighted by Gasteiger charge is 2.16. The molecule has 0 saturated carbocycles. The number of esters is 1. The van der Waals surface area contributed by atoms with Crippen molar-refractivity contribution < 1.29 is 14.3 Å². The number of nitrogens with one attached hydrogen (secondary N) is 1. The van der Waals surface area contributed by atoms with Gasteiger partial charge in [-0.25, -0.2) is 4.79 Å². The van der Waals surface area contributed by atoms with E-state index in [2.05, 4.69) is 5.32 Å². The lowest BCUT2D eigenvalue weighted by Gasteiger charge is -2.14. The minimum absolute atomic E-state index is 0.275. The lowest BCUT2D eigenvalue weighted by Crippen LogP contribution is -2.15. The maximum atomic E-state index is 11.8. The summed E-state index contributed by atoms with van der Waals surface area (Å²) >= 11 is 18.1. The van der Waals surface area contributed by atoms with E-state index in [4.69, 9.17) is 44.3 Å². The van der Waals surface area contributed by atoms with Crippen molar-refractivity contribution in [3.63, 3.8) is 0 Å². The van der Waals surface area contributed by atoms with Gasteiger partial charge >= 0.3 is 5.97 Å². The van der Waals surface area contributed by atoms with Crippen molar-refractivity contribution in [1.82, 2.24) is 0 Å². The molecule has 0 fully saturated rings. The average molecular weight is 389 g/mol. The summed E-state index contributed by atoms with van der Waals surface area (Å²) in [5, 5.41) is 4.47. The Morgan fingerprint density at radius 3 is 2.54 bits per heavy atom. The van der Waals surface area contributed by atoms with E-state index in [0.717, 1.165) is 5.56 Å². The summed E-state index contributed by atoms with van der Waals surface area (Å²) in [5.41, 5.74) is 1.68. The minimum atomic E-state index is -0.517. The molecule has 0 radical (unpaired) electrons. The van der Waals surface area contributed by atoms with Crippen LogP contribution < -0.4 is 10.1 Å². The Hall–Kier alpha value is -1.62. The SMILES string of the molecule is COC(=O)c1cc(Cl)cc(Cl)c1NCCOc1ccc(Cl)c(C)c1. The molecule has 0 unspecified atom stereocenters. The molecule has 0 spiro atoms. The van der Waals surface area contributed by atoms with Crippen LogP contribution in [0.3, 0.4) is 0 Å². The van der Waals surface area contributed by atoms with Crippen LogP contribution >= 0.6 is 34.8 Å². The number of halogens is 3. The maximum absolute atomic E-state index is 11.8. The first kappa shape index (κ1) is 18.7. The van der Waals surface area contributed by atoms with Gasteiger partial charge < -0.3 is 14.8 Å². The number of hydrogen-bond donors (Lipinski definition) is 1. The molecule has 0 aromatic heterocycles. The molecule has 4 nitrogen and oxygen atoms in total. The minimum Gasteiger partial charge on any atom is -0.492 e. The zero-order chi connectivity index (χ0) is 17.7. The normalized spacial score (nSPS) is 10.4. The van der Waals surface area contributed by atoms with Crippen molar-refractivity contribution in [2.45, 2.75) is 6.92 Å². The Morgan fingerprint density at radius 1 is 1.12 bits per heavy atom. The van der Waals surface area contributed by atoms with Gasteiger partial charge in [-0.15, -0.1) is 0 Å². The smallest absolute Gasteiger partial charge is 0.340 e. The van der Waals surface area contributed by atoms with Gasteiger partial charge in [-0.1, -0.05) is 34.8 Å². The molecule has 128 valence electrons. The number of ether oxygens (including phenoxy) is 2. The summed E-state index contributed by atoms with van der Waals surface area (Å²) in [5.74, 6) is 0.199. The van der Waals surface area contributed by atoms with Crippen molar-refractivity contribution >= 4 is 46.5 Å². The third kappa shape index (κ3) is 4.69. The highest BCUT2D eigenvalue weighted by Crippen LogP contribution is 2.30. The molecule has 0 heterocycles. The topological polar surface area (TPSA) is 47.6 Å². The highest BCUT2D eigenvalue weighted by atomic mass is 35.5. The Labute approximate surface area is 155 Å². The first-order valence-corrected chi connectivity index (χ1v) is 8.26. The van der Waals surface area contributed by atoms with E-state index in [1.54, 1.807) is 18.2 Å². The van der Waals surface area contributed by atoms with Gasteiger partial charge in [-0.2, -0.15) is 0 Å². The number of carbonyl (C=O) groups excluding carboxylic acids is 1. The van der Waals surface area contributed by atoms with Crippen molar-refractivity contribution in [1.29, 1.82) is 0 Å². The van der Waals surface area contributed by atoms with Crippen molar-refractivity contribution in [2.24, 2.45) is 0 Å². The van der Waals surface area contributed by atoms with Gasteiger partial charge in [-0.05, 0) is 42.8 Å². The van der Waals surface area contributed by atoms with Crippen molar-refractivity contribution in [3.05, 3.63) is 56.5 Å². The van der Waals surface area contributed by atoms with Gasteiger partial charge in [0, 0.05) is 16.6 Å². The molecule has 0 saturated heterocycles. The molecule has 2 rings (SSSR count).